The van der Waals surface area contributed by atoms with Crippen molar-refractivity contribution in [1.82, 2.24) is 15.5 Å². The predicted molar refractivity (Wildman–Crippen MR) is 80.7 cm³/mol. The van der Waals surface area contributed by atoms with Crippen LogP contribution in [0.1, 0.15) is 53.4 Å². The molecule has 0 radical (unpaired) electrons. The highest BCUT2D eigenvalue weighted by atomic mass is 16.4. The van der Waals surface area contributed by atoms with Crippen molar-refractivity contribution in [3.8, 4) is 0 Å². The Kier molecular flexibility index (Phi) is 4.68. The lowest BCUT2D eigenvalue weighted by Crippen LogP contribution is -2.38. The molecule has 0 unspecified atom stereocenters. The molecule has 0 bridgehead atoms. The largest absolute Gasteiger partial charge is 0.407 e. The van der Waals surface area contributed by atoms with Gasteiger partial charge in [-0.05, 0) is 24.2 Å². The standard InChI is InChI=1S/C15H28N4O/c1-11(2)16-10-13-17-18-14(20-13)19-8-6-12(7-9-19)15(3,4)5/h11-12,16H,6-10H2,1-5H3. The predicted octanol–water partition coefficient (Wildman–Crippen LogP) is 2.83. The van der Waals surface area contributed by atoms with E-state index in [4.69, 9.17) is 4.42 Å². The summed E-state index contributed by atoms with van der Waals surface area (Å²) in [6.07, 6.45) is 2.40. The second-order valence-electron chi connectivity index (χ2n) is 7.14. The van der Waals surface area contributed by atoms with Gasteiger partial charge in [-0.2, -0.15) is 0 Å². The van der Waals surface area contributed by atoms with E-state index < -0.39 is 0 Å². The first-order valence-electron chi connectivity index (χ1n) is 7.67. The Balaban J connectivity index is 1.88. The van der Waals surface area contributed by atoms with Crippen molar-refractivity contribution in [3.05, 3.63) is 5.89 Å². The minimum Gasteiger partial charge on any atom is -0.407 e. The fourth-order valence-electron chi connectivity index (χ4n) is 2.67. The van der Waals surface area contributed by atoms with Crippen molar-refractivity contribution < 1.29 is 4.42 Å². The topological polar surface area (TPSA) is 54.2 Å². The molecule has 20 heavy (non-hydrogen) atoms. The molecule has 2 heterocycles. The third-order valence-corrected chi connectivity index (χ3v) is 4.11. The molecule has 1 aliphatic heterocycles. The average Bonchev–Trinajstić information content (AvgIpc) is 2.84. The zero-order valence-corrected chi connectivity index (χ0v) is 13.4. The van der Waals surface area contributed by atoms with E-state index in [1.165, 1.54) is 12.8 Å². The van der Waals surface area contributed by atoms with Gasteiger partial charge in [0.25, 0.3) is 0 Å². The van der Waals surface area contributed by atoms with Gasteiger partial charge < -0.3 is 14.6 Å². The van der Waals surface area contributed by atoms with E-state index in [0.717, 1.165) is 19.0 Å². The monoisotopic (exact) mass is 280 g/mol. The molecule has 0 aliphatic carbocycles. The molecule has 2 rings (SSSR count). The van der Waals surface area contributed by atoms with Crippen LogP contribution in [0.25, 0.3) is 0 Å². The Morgan fingerprint density at radius 2 is 1.90 bits per heavy atom. The van der Waals surface area contributed by atoms with Gasteiger partial charge in [0.2, 0.25) is 5.89 Å². The minimum atomic E-state index is 0.396. The fraction of sp³-hybridized carbons (Fsp3) is 0.867. The first-order valence-corrected chi connectivity index (χ1v) is 7.67. The summed E-state index contributed by atoms with van der Waals surface area (Å²) in [6, 6.07) is 1.10. The van der Waals surface area contributed by atoms with E-state index in [1.807, 2.05) is 0 Å². The molecule has 1 saturated heterocycles. The second kappa shape index (κ2) is 6.12. The molecule has 0 aromatic carbocycles. The number of aromatic nitrogens is 2. The molecule has 5 nitrogen and oxygen atoms in total. The summed E-state index contributed by atoms with van der Waals surface area (Å²) in [5.41, 5.74) is 0.396. The highest BCUT2D eigenvalue weighted by molar-refractivity contribution is 5.24. The van der Waals surface area contributed by atoms with Gasteiger partial charge in [-0.3, -0.25) is 0 Å². The van der Waals surface area contributed by atoms with Crippen LogP contribution < -0.4 is 10.2 Å². The molecular weight excluding hydrogens is 252 g/mol. The molecule has 114 valence electrons. The maximum absolute atomic E-state index is 5.74. The SMILES string of the molecule is CC(C)NCc1nnc(N2CCC(C(C)(C)C)CC2)o1. The van der Waals surface area contributed by atoms with Crippen LogP contribution in [-0.4, -0.2) is 29.3 Å². The van der Waals surface area contributed by atoms with Crippen molar-refractivity contribution in [2.75, 3.05) is 18.0 Å². The molecule has 1 N–H and O–H groups in total. The van der Waals surface area contributed by atoms with Crippen molar-refractivity contribution in [2.24, 2.45) is 11.3 Å². The Morgan fingerprint density at radius 3 is 2.45 bits per heavy atom. The van der Waals surface area contributed by atoms with Gasteiger partial charge in [0.1, 0.15) is 0 Å². The van der Waals surface area contributed by atoms with Crippen molar-refractivity contribution >= 4 is 6.01 Å². The fourth-order valence-corrected chi connectivity index (χ4v) is 2.67. The van der Waals surface area contributed by atoms with Crippen LogP contribution in [0.3, 0.4) is 0 Å². The van der Waals surface area contributed by atoms with Gasteiger partial charge in [-0.15, -0.1) is 5.10 Å². The lowest BCUT2D eigenvalue weighted by Gasteiger charge is -2.38. The molecule has 1 aliphatic rings. The highest BCUT2D eigenvalue weighted by Gasteiger charge is 2.30. The van der Waals surface area contributed by atoms with Crippen LogP contribution in [0.4, 0.5) is 6.01 Å². The summed E-state index contributed by atoms with van der Waals surface area (Å²) in [5, 5.41) is 11.6. The van der Waals surface area contributed by atoms with E-state index in [1.54, 1.807) is 0 Å². The number of nitrogens with zero attached hydrogens (tertiary/aromatic N) is 3. The summed E-state index contributed by atoms with van der Waals surface area (Å²) in [5.74, 6) is 1.45. The van der Waals surface area contributed by atoms with Gasteiger partial charge >= 0.3 is 6.01 Å². The molecule has 0 spiro atoms. The van der Waals surface area contributed by atoms with Crippen LogP contribution in [-0.2, 0) is 6.54 Å². The van der Waals surface area contributed by atoms with Crippen LogP contribution in [0, 0.1) is 11.3 Å². The minimum absolute atomic E-state index is 0.396. The third-order valence-electron chi connectivity index (χ3n) is 4.11. The van der Waals surface area contributed by atoms with Gasteiger partial charge in [0.15, 0.2) is 0 Å². The average molecular weight is 280 g/mol. The summed E-state index contributed by atoms with van der Waals surface area (Å²) >= 11 is 0. The van der Waals surface area contributed by atoms with E-state index in [9.17, 15) is 0 Å². The van der Waals surface area contributed by atoms with Gasteiger partial charge in [0, 0.05) is 19.1 Å². The van der Waals surface area contributed by atoms with E-state index in [-0.39, 0.29) is 0 Å². The zero-order valence-electron chi connectivity index (χ0n) is 13.4. The van der Waals surface area contributed by atoms with Crippen LogP contribution >= 0.6 is 0 Å². The smallest absolute Gasteiger partial charge is 0.318 e. The van der Waals surface area contributed by atoms with E-state index >= 15 is 0 Å². The number of anilines is 1. The Labute approximate surface area is 122 Å². The molecule has 1 fully saturated rings. The van der Waals surface area contributed by atoms with Crippen molar-refractivity contribution in [2.45, 2.75) is 60.0 Å². The molecule has 1 aromatic heterocycles. The van der Waals surface area contributed by atoms with Crippen molar-refractivity contribution in [3.63, 3.8) is 0 Å². The van der Waals surface area contributed by atoms with Crippen molar-refractivity contribution in [1.29, 1.82) is 0 Å². The van der Waals surface area contributed by atoms with Crippen LogP contribution in [0.15, 0.2) is 4.42 Å². The van der Waals surface area contributed by atoms with E-state index in [0.29, 0.717) is 29.9 Å². The maximum Gasteiger partial charge on any atom is 0.318 e. The summed E-state index contributed by atoms with van der Waals surface area (Å²) in [4.78, 5) is 2.22. The molecular formula is C15H28N4O. The van der Waals surface area contributed by atoms with Gasteiger partial charge in [-0.1, -0.05) is 39.7 Å². The summed E-state index contributed by atoms with van der Waals surface area (Å²) in [7, 11) is 0. The normalized spacial score (nSPS) is 18.0. The number of hydrogen-bond donors (Lipinski definition) is 1. The summed E-state index contributed by atoms with van der Waals surface area (Å²) in [6.45, 7) is 13.9. The Morgan fingerprint density at radius 1 is 1.25 bits per heavy atom. The van der Waals surface area contributed by atoms with Crippen LogP contribution in [0.5, 0.6) is 0 Å². The lowest BCUT2D eigenvalue weighted by molar-refractivity contribution is 0.196. The third kappa shape index (κ3) is 3.95. The van der Waals surface area contributed by atoms with Crippen LogP contribution in [0.2, 0.25) is 0 Å². The molecule has 0 saturated carbocycles. The second-order valence-corrected chi connectivity index (χ2v) is 7.14. The van der Waals surface area contributed by atoms with E-state index in [2.05, 4.69) is 55.0 Å². The number of rotatable bonds is 4. The van der Waals surface area contributed by atoms with Gasteiger partial charge in [-0.25, -0.2) is 0 Å². The summed E-state index contributed by atoms with van der Waals surface area (Å²) < 4.78 is 5.74. The number of piperidine rings is 1. The Bertz CT molecular complexity index is 414. The maximum atomic E-state index is 5.74. The lowest BCUT2D eigenvalue weighted by atomic mass is 9.75. The number of nitrogens with one attached hydrogen (secondary N) is 1. The highest BCUT2D eigenvalue weighted by Crippen LogP contribution is 2.35. The molecule has 0 atom stereocenters. The Hall–Kier alpha value is -1.10. The molecule has 1 aromatic rings. The molecule has 5 heteroatoms. The van der Waals surface area contributed by atoms with Gasteiger partial charge in [0.05, 0.1) is 6.54 Å². The zero-order chi connectivity index (χ0) is 14.8. The molecule has 0 amide bonds. The first-order chi connectivity index (χ1) is 9.36. The number of hydrogen-bond acceptors (Lipinski definition) is 5. The quantitative estimate of drug-likeness (QED) is 0.919. The first kappa shape index (κ1) is 15.3.